The van der Waals surface area contributed by atoms with Crippen molar-refractivity contribution < 1.29 is 9.66 Å². The third kappa shape index (κ3) is 3.53. The summed E-state index contributed by atoms with van der Waals surface area (Å²) in [6, 6.07) is 10.3. The van der Waals surface area contributed by atoms with Gasteiger partial charge in [-0.2, -0.15) is 4.98 Å². The van der Waals surface area contributed by atoms with Gasteiger partial charge in [-0.1, -0.05) is 30.3 Å². The summed E-state index contributed by atoms with van der Waals surface area (Å²) in [5.41, 5.74) is 1.02. The van der Waals surface area contributed by atoms with E-state index in [4.69, 9.17) is 4.74 Å². The van der Waals surface area contributed by atoms with E-state index >= 15 is 0 Å². The van der Waals surface area contributed by atoms with Gasteiger partial charge in [0.1, 0.15) is 12.3 Å². The molecular formula is C17H19N5O3. The first-order chi connectivity index (χ1) is 12.2. The van der Waals surface area contributed by atoms with Crippen molar-refractivity contribution in [3.8, 4) is 0 Å². The van der Waals surface area contributed by atoms with Gasteiger partial charge in [0.05, 0.1) is 18.1 Å². The summed E-state index contributed by atoms with van der Waals surface area (Å²) in [6.07, 6.45) is 3.27. The van der Waals surface area contributed by atoms with Crippen molar-refractivity contribution in [3.05, 3.63) is 52.2 Å². The van der Waals surface area contributed by atoms with E-state index in [-0.39, 0.29) is 17.8 Å². The maximum Gasteiger partial charge on any atom is 0.329 e. The number of nitrogens with zero attached hydrogens (tertiary/aromatic N) is 4. The fraction of sp³-hybridized carbons (Fsp3) is 0.412. The summed E-state index contributed by atoms with van der Waals surface area (Å²) in [6.45, 7) is 1.83. The van der Waals surface area contributed by atoms with Crippen molar-refractivity contribution in [1.29, 1.82) is 0 Å². The number of anilines is 2. The normalized spacial score (nSPS) is 20.3. The van der Waals surface area contributed by atoms with Crippen LogP contribution in [0.25, 0.3) is 0 Å². The van der Waals surface area contributed by atoms with Gasteiger partial charge >= 0.3 is 5.69 Å². The second-order valence-electron chi connectivity index (χ2n) is 6.30. The molecule has 1 atom stereocenters. The molecule has 4 rings (SSSR count). The number of hydrogen-bond donors (Lipinski definition) is 1. The molecule has 1 aromatic heterocycles. The van der Waals surface area contributed by atoms with Crippen LogP contribution in [0.5, 0.6) is 0 Å². The first-order valence-corrected chi connectivity index (χ1v) is 8.40. The lowest BCUT2D eigenvalue weighted by molar-refractivity contribution is -0.384. The Hall–Kier alpha value is -2.74. The highest BCUT2D eigenvalue weighted by atomic mass is 16.6. The zero-order valence-corrected chi connectivity index (χ0v) is 13.7. The molecule has 1 aromatic carbocycles. The maximum atomic E-state index is 11.2. The molecule has 1 N–H and O–H groups in total. The smallest absolute Gasteiger partial charge is 0.329 e. The van der Waals surface area contributed by atoms with Crippen molar-refractivity contribution in [2.24, 2.45) is 0 Å². The molecular weight excluding hydrogens is 322 g/mol. The van der Waals surface area contributed by atoms with Crippen LogP contribution in [0, 0.1) is 10.1 Å². The Morgan fingerprint density at radius 3 is 2.80 bits per heavy atom. The van der Waals surface area contributed by atoms with Crippen LogP contribution in [0.4, 0.5) is 17.5 Å². The average Bonchev–Trinajstić information content (AvgIpc) is 3.46. The molecule has 1 aliphatic carbocycles. The molecule has 1 aliphatic heterocycles. The molecule has 0 amide bonds. The summed E-state index contributed by atoms with van der Waals surface area (Å²) in [5, 5.41) is 14.3. The zero-order valence-electron chi connectivity index (χ0n) is 13.7. The number of nitro groups is 1. The number of ether oxygens (including phenoxy) is 1. The van der Waals surface area contributed by atoms with Gasteiger partial charge < -0.3 is 15.0 Å². The zero-order chi connectivity index (χ0) is 17.2. The molecule has 0 spiro atoms. The summed E-state index contributed by atoms with van der Waals surface area (Å²) >= 11 is 0. The van der Waals surface area contributed by atoms with Gasteiger partial charge in [-0.25, -0.2) is 4.98 Å². The SMILES string of the molecule is O=[N+]([O-])c1cnc(N2CCOC(c3ccccc3)C2)nc1NC1CC1. The van der Waals surface area contributed by atoms with E-state index in [9.17, 15) is 10.1 Å². The van der Waals surface area contributed by atoms with Gasteiger partial charge in [0, 0.05) is 12.6 Å². The third-order valence-electron chi connectivity index (χ3n) is 4.39. The van der Waals surface area contributed by atoms with Gasteiger partial charge in [-0.05, 0) is 18.4 Å². The Morgan fingerprint density at radius 2 is 2.08 bits per heavy atom. The van der Waals surface area contributed by atoms with Crippen LogP contribution in [-0.4, -0.2) is 40.6 Å². The topological polar surface area (TPSA) is 93.4 Å². The number of nitrogens with one attached hydrogen (secondary N) is 1. The number of benzene rings is 1. The largest absolute Gasteiger partial charge is 0.370 e. The number of aromatic nitrogens is 2. The van der Waals surface area contributed by atoms with Crippen LogP contribution in [0.1, 0.15) is 24.5 Å². The van der Waals surface area contributed by atoms with E-state index in [1.807, 2.05) is 35.2 Å². The first kappa shape index (κ1) is 15.8. The molecule has 0 radical (unpaired) electrons. The Balaban J connectivity index is 1.57. The lowest BCUT2D eigenvalue weighted by Crippen LogP contribution is -2.39. The molecule has 8 nitrogen and oxygen atoms in total. The van der Waals surface area contributed by atoms with Crippen molar-refractivity contribution in [3.63, 3.8) is 0 Å². The van der Waals surface area contributed by atoms with Gasteiger partial charge in [-0.15, -0.1) is 0 Å². The minimum absolute atomic E-state index is 0.0615. The highest BCUT2D eigenvalue weighted by Crippen LogP contribution is 2.31. The molecule has 1 unspecified atom stereocenters. The van der Waals surface area contributed by atoms with E-state index in [1.165, 1.54) is 6.20 Å². The minimum atomic E-state index is -0.444. The Kier molecular flexibility index (Phi) is 4.19. The number of rotatable bonds is 5. The Labute approximate surface area is 145 Å². The predicted octanol–water partition coefficient (Wildman–Crippen LogP) is 2.54. The maximum absolute atomic E-state index is 11.2. The van der Waals surface area contributed by atoms with Crippen molar-refractivity contribution in [1.82, 2.24) is 9.97 Å². The molecule has 2 aliphatic rings. The van der Waals surface area contributed by atoms with E-state index < -0.39 is 4.92 Å². The minimum Gasteiger partial charge on any atom is -0.370 e. The fourth-order valence-corrected chi connectivity index (χ4v) is 2.88. The van der Waals surface area contributed by atoms with E-state index in [2.05, 4.69) is 15.3 Å². The quantitative estimate of drug-likeness (QED) is 0.660. The number of hydrogen-bond acceptors (Lipinski definition) is 7. The van der Waals surface area contributed by atoms with Crippen LogP contribution < -0.4 is 10.2 Å². The van der Waals surface area contributed by atoms with Crippen molar-refractivity contribution >= 4 is 17.5 Å². The third-order valence-corrected chi connectivity index (χ3v) is 4.39. The van der Waals surface area contributed by atoms with Gasteiger partial charge in [0.25, 0.3) is 0 Å². The summed E-state index contributed by atoms with van der Waals surface area (Å²) in [5.74, 6) is 0.804. The predicted molar refractivity (Wildman–Crippen MR) is 92.7 cm³/mol. The second kappa shape index (κ2) is 6.64. The molecule has 8 heteroatoms. The van der Waals surface area contributed by atoms with Crippen LogP contribution in [0.15, 0.2) is 36.5 Å². The molecule has 0 bridgehead atoms. The molecule has 1 saturated carbocycles. The standard InChI is InChI=1S/C17H19N5O3/c23-22(24)14-10-18-17(20-16(14)19-13-6-7-13)21-8-9-25-15(11-21)12-4-2-1-3-5-12/h1-5,10,13,15H,6-9,11H2,(H,18,19,20). The van der Waals surface area contributed by atoms with Crippen LogP contribution in [0.2, 0.25) is 0 Å². The molecule has 2 fully saturated rings. The summed E-state index contributed by atoms with van der Waals surface area (Å²) < 4.78 is 5.86. The summed E-state index contributed by atoms with van der Waals surface area (Å²) in [4.78, 5) is 21.4. The van der Waals surface area contributed by atoms with Gasteiger partial charge in [0.2, 0.25) is 11.8 Å². The fourth-order valence-electron chi connectivity index (χ4n) is 2.88. The first-order valence-electron chi connectivity index (χ1n) is 8.40. The Morgan fingerprint density at radius 1 is 1.28 bits per heavy atom. The molecule has 1 saturated heterocycles. The molecule has 130 valence electrons. The van der Waals surface area contributed by atoms with Gasteiger partial charge in [0.15, 0.2) is 0 Å². The van der Waals surface area contributed by atoms with Crippen LogP contribution in [0.3, 0.4) is 0 Å². The summed E-state index contributed by atoms with van der Waals surface area (Å²) in [7, 11) is 0. The molecule has 2 heterocycles. The van der Waals surface area contributed by atoms with E-state index in [1.54, 1.807) is 0 Å². The lowest BCUT2D eigenvalue weighted by Gasteiger charge is -2.33. The number of morpholine rings is 1. The van der Waals surface area contributed by atoms with Gasteiger partial charge in [-0.3, -0.25) is 10.1 Å². The average molecular weight is 341 g/mol. The molecule has 2 aromatic rings. The van der Waals surface area contributed by atoms with E-state index in [0.29, 0.717) is 31.5 Å². The van der Waals surface area contributed by atoms with Crippen LogP contribution in [-0.2, 0) is 4.74 Å². The van der Waals surface area contributed by atoms with Crippen molar-refractivity contribution in [2.45, 2.75) is 25.0 Å². The second-order valence-corrected chi connectivity index (χ2v) is 6.30. The molecule has 25 heavy (non-hydrogen) atoms. The Bertz CT molecular complexity index is 766. The van der Waals surface area contributed by atoms with E-state index in [0.717, 1.165) is 18.4 Å². The van der Waals surface area contributed by atoms with Crippen molar-refractivity contribution in [2.75, 3.05) is 29.9 Å². The lowest BCUT2D eigenvalue weighted by atomic mass is 10.1. The highest BCUT2D eigenvalue weighted by molar-refractivity contribution is 5.58. The van der Waals surface area contributed by atoms with Crippen LogP contribution >= 0.6 is 0 Å². The monoisotopic (exact) mass is 341 g/mol. The highest BCUT2D eigenvalue weighted by Gasteiger charge is 2.29.